The standard InChI is InChI=1S/C30H29N3O4/c1-33(25-13-4-2-5-14-25)30(35)23-11-10-12-24(21-23)31-22-29(34)32-27-17-8-9-18-28(27)37-20-19-36-26-15-6-3-7-16-26/h2-18,21,31H,19-20,22H2,1H3,(H,32,34). The molecule has 0 saturated heterocycles. The quantitative estimate of drug-likeness (QED) is 0.270. The predicted octanol–water partition coefficient (Wildman–Crippen LogP) is 5.47. The Morgan fingerprint density at radius 2 is 1.43 bits per heavy atom. The summed E-state index contributed by atoms with van der Waals surface area (Å²) in [5.41, 5.74) is 2.57. The minimum Gasteiger partial charge on any atom is -0.490 e. The van der Waals surface area contributed by atoms with E-state index in [9.17, 15) is 9.59 Å². The Hall–Kier alpha value is -4.78. The van der Waals surface area contributed by atoms with Crippen LogP contribution in [0.15, 0.2) is 109 Å². The lowest BCUT2D eigenvalue weighted by Gasteiger charge is -2.18. The average molecular weight is 496 g/mol. The molecule has 0 heterocycles. The number of hydrogen-bond donors (Lipinski definition) is 2. The lowest BCUT2D eigenvalue weighted by atomic mass is 10.1. The largest absolute Gasteiger partial charge is 0.490 e. The highest BCUT2D eigenvalue weighted by Crippen LogP contribution is 2.24. The molecule has 0 saturated carbocycles. The predicted molar refractivity (Wildman–Crippen MR) is 147 cm³/mol. The van der Waals surface area contributed by atoms with Crippen molar-refractivity contribution in [2.75, 3.05) is 42.3 Å². The van der Waals surface area contributed by atoms with Gasteiger partial charge in [-0.2, -0.15) is 0 Å². The minimum absolute atomic E-state index is 0.0254. The molecule has 0 fully saturated rings. The minimum atomic E-state index is -0.241. The molecule has 0 bridgehead atoms. The van der Waals surface area contributed by atoms with Crippen molar-refractivity contribution in [3.63, 3.8) is 0 Å². The van der Waals surface area contributed by atoms with E-state index in [1.54, 1.807) is 42.3 Å². The summed E-state index contributed by atoms with van der Waals surface area (Å²) in [4.78, 5) is 27.1. The number of nitrogens with one attached hydrogen (secondary N) is 2. The molecule has 0 aliphatic rings. The first kappa shape index (κ1) is 25.3. The molecule has 0 atom stereocenters. The van der Waals surface area contributed by atoms with Gasteiger partial charge in [0, 0.05) is 24.0 Å². The second kappa shape index (κ2) is 12.8. The van der Waals surface area contributed by atoms with E-state index in [4.69, 9.17) is 9.47 Å². The summed E-state index contributed by atoms with van der Waals surface area (Å²) in [6, 6.07) is 33.3. The summed E-state index contributed by atoms with van der Waals surface area (Å²) in [5, 5.41) is 5.96. The van der Waals surface area contributed by atoms with Crippen LogP contribution in [0.5, 0.6) is 11.5 Å². The van der Waals surface area contributed by atoms with E-state index in [2.05, 4.69) is 10.6 Å². The molecule has 2 amide bonds. The van der Waals surface area contributed by atoms with Gasteiger partial charge in [0.15, 0.2) is 0 Å². The van der Waals surface area contributed by atoms with Crippen molar-refractivity contribution in [3.8, 4) is 11.5 Å². The van der Waals surface area contributed by atoms with Gasteiger partial charge in [0.05, 0.1) is 12.2 Å². The topological polar surface area (TPSA) is 79.9 Å². The van der Waals surface area contributed by atoms with E-state index >= 15 is 0 Å². The SMILES string of the molecule is CN(C(=O)c1cccc(NCC(=O)Nc2ccccc2OCCOc2ccccc2)c1)c1ccccc1. The molecule has 0 spiro atoms. The lowest BCUT2D eigenvalue weighted by Crippen LogP contribution is -2.26. The van der Waals surface area contributed by atoms with Crippen LogP contribution in [0.3, 0.4) is 0 Å². The zero-order chi connectivity index (χ0) is 25.9. The maximum Gasteiger partial charge on any atom is 0.258 e. The first-order chi connectivity index (χ1) is 18.1. The Morgan fingerprint density at radius 1 is 0.757 bits per heavy atom. The van der Waals surface area contributed by atoms with Gasteiger partial charge in [-0.25, -0.2) is 0 Å². The number of hydrogen-bond acceptors (Lipinski definition) is 5. The molecule has 4 aromatic carbocycles. The van der Waals surface area contributed by atoms with Crippen LogP contribution < -0.4 is 25.0 Å². The molecule has 2 N–H and O–H groups in total. The molecule has 188 valence electrons. The summed E-state index contributed by atoms with van der Waals surface area (Å²) in [7, 11) is 1.73. The van der Waals surface area contributed by atoms with E-state index in [1.165, 1.54) is 0 Å². The Kier molecular flexibility index (Phi) is 8.75. The lowest BCUT2D eigenvalue weighted by molar-refractivity contribution is -0.114. The normalized spacial score (nSPS) is 10.3. The van der Waals surface area contributed by atoms with Gasteiger partial charge in [-0.1, -0.05) is 54.6 Å². The van der Waals surface area contributed by atoms with Gasteiger partial charge >= 0.3 is 0 Å². The van der Waals surface area contributed by atoms with Gasteiger partial charge < -0.3 is 25.0 Å². The molecule has 4 rings (SSSR count). The van der Waals surface area contributed by atoms with Crippen LogP contribution in [0, 0.1) is 0 Å². The molecule has 0 unspecified atom stereocenters. The van der Waals surface area contributed by atoms with Crippen molar-refractivity contribution in [2.24, 2.45) is 0 Å². The van der Waals surface area contributed by atoms with Crippen molar-refractivity contribution in [3.05, 3.63) is 115 Å². The van der Waals surface area contributed by atoms with Crippen LogP contribution in [0.25, 0.3) is 0 Å². The summed E-state index contributed by atoms with van der Waals surface area (Å²) in [6.07, 6.45) is 0. The van der Waals surface area contributed by atoms with Crippen LogP contribution >= 0.6 is 0 Å². The second-order valence-electron chi connectivity index (χ2n) is 8.19. The fourth-order valence-corrected chi connectivity index (χ4v) is 3.63. The number of carbonyl (C=O) groups is 2. The molecular weight excluding hydrogens is 466 g/mol. The third-order valence-corrected chi connectivity index (χ3v) is 5.52. The summed E-state index contributed by atoms with van der Waals surface area (Å²) < 4.78 is 11.5. The smallest absolute Gasteiger partial charge is 0.258 e. The monoisotopic (exact) mass is 495 g/mol. The van der Waals surface area contributed by atoms with Crippen molar-refractivity contribution in [2.45, 2.75) is 0 Å². The van der Waals surface area contributed by atoms with E-state index in [-0.39, 0.29) is 18.4 Å². The van der Waals surface area contributed by atoms with Crippen LogP contribution in [0.1, 0.15) is 10.4 Å². The van der Waals surface area contributed by atoms with Crippen molar-refractivity contribution < 1.29 is 19.1 Å². The van der Waals surface area contributed by atoms with Crippen LogP contribution in [-0.2, 0) is 4.79 Å². The fraction of sp³-hybridized carbons (Fsp3) is 0.133. The summed E-state index contributed by atoms with van der Waals surface area (Å²) in [5.74, 6) is 0.955. The van der Waals surface area contributed by atoms with Gasteiger partial charge in [0.2, 0.25) is 5.91 Å². The molecule has 0 aromatic heterocycles. The zero-order valence-corrected chi connectivity index (χ0v) is 20.6. The van der Waals surface area contributed by atoms with Crippen molar-refractivity contribution in [1.29, 1.82) is 0 Å². The van der Waals surface area contributed by atoms with Gasteiger partial charge in [0.25, 0.3) is 5.91 Å². The van der Waals surface area contributed by atoms with Crippen LogP contribution in [0.2, 0.25) is 0 Å². The zero-order valence-electron chi connectivity index (χ0n) is 20.6. The Labute approximate surface area is 216 Å². The van der Waals surface area contributed by atoms with Gasteiger partial charge in [0.1, 0.15) is 24.7 Å². The maximum absolute atomic E-state index is 12.9. The number of benzene rings is 4. The number of amides is 2. The van der Waals surface area contributed by atoms with E-state index in [1.807, 2.05) is 78.9 Å². The molecular formula is C30H29N3O4. The Morgan fingerprint density at radius 3 is 2.22 bits per heavy atom. The van der Waals surface area contributed by atoms with Crippen LogP contribution in [-0.4, -0.2) is 38.6 Å². The number of rotatable bonds is 11. The molecule has 0 aliphatic carbocycles. The molecule has 7 heteroatoms. The number of ether oxygens (including phenoxy) is 2. The Balaban J connectivity index is 1.28. The van der Waals surface area contributed by atoms with Crippen molar-refractivity contribution in [1.82, 2.24) is 0 Å². The third kappa shape index (κ3) is 7.35. The number of carbonyl (C=O) groups excluding carboxylic acids is 2. The molecule has 37 heavy (non-hydrogen) atoms. The molecule has 0 radical (unpaired) electrons. The first-order valence-electron chi connectivity index (χ1n) is 12.0. The number of para-hydroxylation sites is 4. The molecule has 7 nitrogen and oxygen atoms in total. The van der Waals surface area contributed by atoms with E-state index in [0.717, 1.165) is 11.4 Å². The van der Waals surface area contributed by atoms with E-state index < -0.39 is 0 Å². The van der Waals surface area contributed by atoms with Gasteiger partial charge in [-0.05, 0) is 54.6 Å². The number of anilines is 3. The highest BCUT2D eigenvalue weighted by molar-refractivity contribution is 6.06. The molecule has 0 aliphatic heterocycles. The van der Waals surface area contributed by atoms with Crippen LogP contribution in [0.4, 0.5) is 17.1 Å². The molecule has 4 aromatic rings. The third-order valence-electron chi connectivity index (χ3n) is 5.52. The maximum atomic E-state index is 12.9. The number of nitrogens with zero attached hydrogens (tertiary/aromatic N) is 1. The first-order valence-corrected chi connectivity index (χ1v) is 12.0. The average Bonchev–Trinajstić information content (AvgIpc) is 2.95. The fourth-order valence-electron chi connectivity index (χ4n) is 3.63. The van der Waals surface area contributed by atoms with Gasteiger partial charge in [-0.15, -0.1) is 0 Å². The van der Waals surface area contributed by atoms with Crippen molar-refractivity contribution >= 4 is 28.9 Å². The Bertz CT molecular complexity index is 1310. The highest BCUT2D eigenvalue weighted by Gasteiger charge is 2.14. The van der Waals surface area contributed by atoms with Gasteiger partial charge in [-0.3, -0.25) is 9.59 Å². The second-order valence-corrected chi connectivity index (χ2v) is 8.19. The summed E-state index contributed by atoms with van der Waals surface area (Å²) in [6.45, 7) is 0.734. The summed E-state index contributed by atoms with van der Waals surface area (Å²) >= 11 is 0. The highest BCUT2D eigenvalue weighted by atomic mass is 16.5. The van der Waals surface area contributed by atoms with E-state index in [0.29, 0.717) is 35.9 Å².